The van der Waals surface area contributed by atoms with Gasteiger partial charge in [-0.15, -0.1) is 0 Å². The average molecular weight is 1470 g/mol. The molecular weight excluding hydrogens is 1330 g/mol. The monoisotopic (exact) mass is 1470 g/mol. The first-order chi connectivity index (χ1) is 49.7. The molecule has 0 amide bonds. The number of hydrogen-bond acceptors (Lipinski definition) is 15. The van der Waals surface area contributed by atoms with Gasteiger partial charge in [-0.3, -0.25) is 37.3 Å². The van der Waals surface area contributed by atoms with E-state index in [4.69, 9.17) is 37.0 Å². The van der Waals surface area contributed by atoms with Crippen molar-refractivity contribution >= 4 is 39.5 Å². The van der Waals surface area contributed by atoms with Gasteiger partial charge in [0, 0.05) is 25.7 Å². The minimum Gasteiger partial charge on any atom is -0.462 e. The molecule has 0 aliphatic carbocycles. The summed E-state index contributed by atoms with van der Waals surface area (Å²) in [5.41, 5.74) is 0. The van der Waals surface area contributed by atoms with E-state index in [2.05, 4.69) is 155 Å². The van der Waals surface area contributed by atoms with E-state index in [1.807, 2.05) is 18.2 Å². The van der Waals surface area contributed by atoms with Gasteiger partial charge in [0.05, 0.1) is 26.4 Å². The first-order valence-electron chi connectivity index (χ1n) is 39.1. The van der Waals surface area contributed by atoms with E-state index in [-0.39, 0.29) is 25.7 Å². The maximum atomic E-state index is 13.1. The predicted octanol–water partition coefficient (Wildman–Crippen LogP) is 22.7. The van der Waals surface area contributed by atoms with Gasteiger partial charge >= 0.3 is 39.5 Å². The van der Waals surface area contributed by atoms with Crippen LogP contribution in [-0.4, -0.2) is 96.7 Å². The molecule has 0 aliphatic heterocycles. The van der Waals surface area contributed by atoms with Crippen LogP contribution in [0.5, 0.6) is 0 Å². The number of esters is 4. The lowest BCUT2D eigenvalue weighted by Gasteiger charge is -2.21. The van der Waals surface area contributed by atoms with Crippen molar-refractivity contribution in [2.45, 2.75) is 316 Å². The Morgan fingerprint density at radius 2 is 0.549 bits per heavy atom. The van der Waals surface area contributed by atoms with Crippen LogP contribution in [0.4, 0.5) is 0 Å². The number of carbonyl (C=O) groups is 4. The van der Waals surface area contributed by atoms with Crippen molar-refractivity contribution in [3.63, 3.8) is 0 Å². The third-order valence-corrected chi connectivity index (χ3v) is 17.7. The highest BCUT2D eigenvalue weighted by atomic mass is 31.2. The topological polar surface area (TPSA) is 237 Å². The first kappa shape index (κ1) is 96.9. The van der Waals surface area contributed by atoms with Gasteiger partial charge in [-0.05, 0) is 154 Å². The van der Waals surface area contributed by atoms with Gasteiger partial charge in [0.2, 0.25) is 0 Å². The SMILES string of the molecule is CC/C=C\C/C=C\C/C=C\C/C=C\C/C=C\C/C=C\CCC(=O)OCC(COP(=O)(O)OCC(O)COP(=O)(O)OCC(COC(=O)CCCCCCC/C=C\C/C=C\CCCCC)OC(=O)CCCCCCC/C=C\C/C=C\CCCCC)OC(=O)CCCCCCC/C=C\C/C=C\CCC. The fourth-order valence-corrected chi connectivity index (χ4v) is 11.4. The Kier molecular flexibility index (Phi) is 70.5. The molecule has 0 aromatic carbocycles. The summed E-state index contributed by atoms with van der Waals surface area (Å²) in [6.07, 6.45) is 84.2. The number of aliphatic hydroxyl groups is 1. The summed E-state index contributed by atoms with van der Waals surface area (Å²) in [7, 11) is -9.99. The molecule has 3 N–H and O–H groups in total. The number of rotatable bonds is 72. The van der Waals surface area contributed by atoms with Crippen LogP contribution in [0.25, 0.3) is 0 Å². The third kappa shape index (κ3) is 73.3. The summed E-state index contributed by atoms with van der Waals surface area (Å²) < 4.78 is 68.4. The number of phosphoric ester groups is 2. The molecule has 0 spiro atoms. The number of carbonyl (C=O) groups excluding carboxylic acids is 4. The molecule has 582 valence electrons. The molecule has 0 saturated carbocycles. The number of unbranched alkanes of at least 4 members (excludes halogenated alkanes) is 22. The number of hydrogen-bond donors (Lipinski definition) is 3. The van der Waals surface area contributed by atoms with Gasteiger partial charge in [-0.2, -0.15) is 0 Å². The lowest BCUT2D eigenvalue weighted by atomic mass is 10.1. The highest BCUT2D eigenvalue weighted by Gasteiger charge is 2.30. The molecule has 102 heavy (non-hydrogen) atoms. The average Bonchev–Trinajstić information content (AvgIpc) is 0.908. The third-order valence-electron chi connectivity index (χ3n) is 15.8. The second kappa shape index (κ2) is 74.2. The van der Waals surface area contributed by atoms with E-state index in [0.717, 1.165) is 173 Å². The quantitative estimate of drug-likeness (QED) is 0.0169. The molecule has 17 nitrogen and oxygen atoms in total. The lowest BCUT2D eigenvalue weighted by Crippen LogP contribution is -2.30. The zero-order valence-electron chi connectivity index (χ0n) is 63.5. The van der Waals surface area contributed by atoms with Crippen molar-refractivity contribution in [2.24, 2.45) is 0 Å². The minimum atomic E-state index is -5.00. The molecule has 0 rings (SSSR count). The maximum absolute atomic E-state index is 13.1. The molecule has 0 heterocycles. The van der Waals surface area contributed by atoms with Crippen molar-refractivity contribution in [1.82, 2.24) is 0 Å². The van der Waals surface area contributed by atoms with Crippen molar-refractivity contribution in [1.29, 1.82) is 0 Å². The Bertz CT molecular complexity index is 2510. The van der Waals surface area contributed by atoms with Crippen LogP contribution in [0.3, 0.4) is 0 Å². The summed E-state index contributed by atoms with van der Waals surface area (Å²) in [5, 5.41) is 10.6. The summed E-state index contributed by atoms with van der Waals surface area (Å²) in [6.45, 7) is 4.50. The van der Waals surface area contributed by atoms with E-state index in [9.17, 15) is 43.2 Å². The van der Waals surface area contributed by atoms with Crippen molar-refractivity contribution in [3.05, 3.63) is 146 Å². The Labute approximate surface area is 617 Å². The zero-order valence-corrected chi connectivity index (χ0v) is 65.3. The van der Waals surface area contributed by atoms with Gasteiger partial charge in [-0.1, -0.05) is 263 Å². The van der Waals surface area contributed by atoms with Crippen LogP contribution < -0.4 is 0 Å². The lowest BCUT2D eigenvalue weighted by molar-refractivity contribution is -0.161. The number of allylic oxidation sites excluding steroid dienone is 24. The molecule has 0 aliphatic rings. The standard InChI is InChI=1S/C83H138O17P2/c1-5-9-13-17-21-25-29-33-36-37-38-39-42-45-48-52-56-60-64-68-81(86)94-73-78(99-82(87)69-65-61-57-53-49-43-32-28-24-20-16-12-8-4)75-97-101(89,90)95-71-77(84)72-96-102(91,92)98-76-79(100-83(88)70-66-62-58-54-50-46-41-35-31-27-23-19-15-11-7-3)74-93-80(85)67-63-59-55-51-47-44-40-34-30-26-22-18-14-10-6-2/h9,13,16,20-23,25-28,32-36,38-41,45,48,56,60,77-79,84H,5-8,10-12,14-15,17-19,24,29-31,37,42-44,46-47,49-55,57-59,61-76H2,1-4H3,(H,89,90)(H,91,92)/b13-9-,20-16-,25-21-,26-22-,27-23-,32-28-,36-33-,39-38-,40-34-,41-35-,48-45-,60-56-. The molecular formula is C83H138O17P2. The van der Waals surface area contributed by atoms with Crippen LogP contribution in [0, 0.1) is 0 Å². The second-order valence-corrected chi connectivity index (χ2v) is 28.5. The molecule has 0 aromatic heterocycles. The molecule has 19 heteroatoms. The number of ether oxygens (including phenoxy) is 4. The summed E-state index contributed by atoms with van der Waals surface area (Å²) in [4.78, 5) is 72.9. The normalized spacial score (nSPS) is 14.7. The predicted molar refractivity (Wildman–Crippen MR) is 417 cm³/mol. The second-order valence-electron chi connectivity index (χ2n) is 25.6. The summed E-state index contributed by atoms with van der Waals surface area (Å²) >= 11 is 0. The summed E-state index contributed by atoms with van der Waals surface area (Å²) in [6, 6.07) is 0. The van der Waals surface area contributed by atoms with E-state index in [0.29, 0.717) is 32.1 Å². The van der Waals surface area contributed by atoms with Gasteiger partial charge in [0.1, 0.15) is 19.3 Å². The van der Waals surface area contributed by atoms with E-state index < -0.39 is 97.5 Å². The molecule has 5 atom stereocenters. The molecule has 0 radical (unpaired) electrons. The Morgan fingerprint density at radius 1 is 0.284 bits per heavy atom. The summed E-state index contributed by atoms with van der Waals surface area (Å²) in [5.74, 6) is -2.32. The van der Waals surface area contributed by atoms with Gasteiger partial charge in [0.15, 0.2) is 12.2 Å². The van der Waals surface area contributed by atoms with Gasteiger partial charge in [-0.25, -0.2) is 9.13 Å². The molecule has 0 aromatic rings. The number of phosphoric acid groups is 2. The number of aliphatic hydroxyl groups excluding tert-OH is 1. The van der Waals surface area contributed by atoms with Crippen LogP contribution >= 0.6 is 15.6 Å². The van der Waals surface area contributed by atoms with Gasteiger partial charge < -0.3 is 33.8 Å². The zero-order chi connectivity index (χ0) is 74.6. The Balaban J connectivity index is 5.45. The maximum Gasteiger partial charge on any atom is 0.472 e. The highest BCUT2D eigenvalue weighted by molar-refractivity contribution is 7.47. The van der Waals surface area contributed by atoms with E-state index in [1.165, 1.54) is 38.5 Å². The van der Waals surface area contributed by atoms with E-state index in [1.54, 1.807) is 0 Å². The molecule has 0 fully saturated rings. The Hall–Kier alpha value is -5.06. The highest BCUT2D eigenvalue weighted by Crippen LogP contribution is 2.45. The molecule has 5 unspecified atom stereocenters. The van der Waals surface area contributed by atoms with E-state index >= 15 is 0 Å². The van der Waals surface area contributed by atoms with Crippen molar-refractivity contribution in [2.75, 3.05) is 39.6 Å². The largest absolute Gasteiger partial charge is 0.472 e. The fraction of sp³-hybridized carbons (Fsp3) is 0.663. The van der Waals surface area contributed by atoms with Crippen molar-refractivity contribution < 1.29 is 80.2 Å². The first-order valence-corrected chi connectivity index (χ1v) is 42.1. The van der Waals surface area contributed by atoms with Crippen LogP contribution in [0.15, 0.2) is 146 Å². The Morgan fingerprint density at radius 3 is 0.882 bits per heavy atom. The minimum absolute atomic E-state index is 0.0287. The van der Waals surface area contributed by atoms with Crippen molar-refractivity contribution in [3.8, 4) is 0 Å². The van der Waals surface area contributed by atoms with Gasteiger partial charge in [0.25, 0.3) is 0 Å². The molecule has 0 bridgehead atoms. The van der Waals surface area contributed by atoms with Crippen LogP contribution in [0.1, 0.15) is 297 Å². The molecule has 0 saturated heterocycles. The fourth-order valence-electron chi connectivity index (χ4n) is 9.81. The van der Waals surface area contributed by atoms with Crippen LogP contribution in [-0.2, 0) is 65.4 Å². The smallest absolute Gasteiger partial charge is 0.462 e. The van der Waals surface area contributed by atoms with Crippen LogP contribution in [0.2, 0.25) is 0 Å².